The molecule has 0 N–H and O–H groups in total. The summed E-state index contributed by atoms with van der Waals surface area (Å²) in [4.78, 5) is 13.5. The summed E-state index contributed by atoms with van der Waals surface area (Å²) in [6.07, 6.45) is 5.58. The molecule has 0 amide bonds. The molecule has 0 saturated carbocycles. The largest absolute Gasteiger partial charge is 0.462 e. The maximum Gasteiger partial charge on any atom is 0.322 e. The van der Waals surface area contributed by atoms with Crippen LogP contribution in [0.5, 0.6) is 6.01 Å². The minimum atomic E-state index is 0.101. The Kier molecular flexibility index (Phi) is 4.13. The van der Waals surface area contributed by atoms with Crippen molar-refractivity contribution in [1.29, 1.82) is 0 Å². The molecule has 15 heavy (non-hydrogen) atoms. The van der Waals surface area contributed by atoms with Crippen LogP contribution in [0.4, 0.5) is 5.95 Å². The highest BCUT2D eigenvalue weighted by Crippen LogP contribution is 2.12. The molecule has 0 atom stereocenters. The molecule has 6 heteroatoms. The molecule has 0 aliphatic heterocycles. The fourth-order valence-corrected chi connectivity index (χ4v) is 0.936. The summed E-state index contributed by atoms with van der Waals surface area (Å²) in [5.74, 6) is 2.90. The third-order valence-corrected chi connectivity index (χ3v) is 1.62. The van der Waals surface area contributed by atoms with Gasteiger partial charge in [-0.1, -0.05) is 0 Å². The summed E-state index contributed by atoms with van der Waals surface area (Å²) >= 11 is 5.70. The quantitative estimate of drug-likeness (QED) is 0.566. The van der Waals surface area contributed by atoms with Crippen LogP contribution in [-0.4, -0.2) is 35.7 Å². The molecule has 0 bridgehead atoms. The normalized spacial score (nSPS) is 9.47. The average molecular weight is 227 g/mol. The minimum Gasteiger partial charge on any atom is -0.462 e. The van der Waals surface area contributed by atoms with Gasteiger partial charge in [-0.25, -0.2) is 0 Å². The second kappa shape index (κ2) is 5.37. The van der Waals surface area contributed by atoms with Gasteiger partial charge in [0, 0.05) is 20.5 Å². The Balaban J connectivity index is 2.76. The predicted octanol–water partition coefficient (Wildman–Crippen LogP) is 0.993. The molecular weight excluding hydrogens is 216 g/mol. The summed E-state index contributed by atoms with van der Waals surface area (Å²) in [6.45, 7) is 0.365. The van der Waals surface area contributed by atoms with Gasteiger partial charge < -0.3 is 9.64 Å². The lowest BCUT2D eigenvalue weighted by Gasteiger charge is -2.10. The minimum absolute atomic E-state index is 0.101. The number of aromatic nitrogens is 3. The van der Waals surface area contributed by atoms with Crippen molar-refractivity contribution >= 4 is 17.5 Å². The van der Waals surface area contributed by atoms with E-state index in [9.17, 15) is 0 Å². The van der Waals surface area contributed by atoms with Crippen molar-refractivity contribution in [2.45, 2.75) is 6.42 Å². The van der Waals surface area contributed by atoms with Crippen LogP contribution >= 0.6 is 11.6 Å². The molecular formula is C9H11ClN4O. The van der Waals surface area contributed by atoms with E-state index in [2.05, 4.69) is 20.9 Å². The summed E-state index contributed by atoms with van der Waals surface area (Å²) in [5.41, 5.74) is 0. The fraction of sp³-hybridized carbons (Fsp3) is 0.444. The number of halogens is 1. The zero-order chi connectivity index (χ0) is 11.3. The Morgan fingerprint density at radius 3 is 2.73 bits per heavy atom. The van der Waals surface area contributed by atoms with Gasteiger partial charge in [-0.2, -0.15) is 15.0 Å². The predicted molar refractivity (Wildman–Crippen MR) is 58.1 cm³/mol. The lowest BCUT2D eigenvalue weighted by Crippen LogP contribution is -2.14. The zero-order valence-electron chi connectivity index (χ0n) is 8.57. The number of ether oxygens (including phenoxy) is 1. The fourth-order valence-electron chi connectivity index (χ4n) is 0.788. The first-order valence-electron chi connectivity index (χ1n) is 4.28. The molecule has 0 aliphatic carbocycles. The molecule has 1 heterocycles. The number of hydrogen-bond acceptors (Lipinski definition) is 5. The first kappa shape index (κ1) is 11.5. The molecule has 1 aromatic rings. The molecule has 1 rings (SSSR count). The van der Waals surface area contributed by atoms with Crippen LogP contribution in [0.15, 0.2) is 0 Å². The van der Waals surface area contributed by atoms with Gasteiger partial charge in [-0.15, -0.1) is 12.3 Å². The smallest absolute Gasteiger partial charge is 0.322 e. The Labute approximate surface area is 93.5 Å². The Morgan fingerprint density at radius 2 is 2.13 bits per heavy atom. The van der Waals surface area contributed by atoms with E-state index in [0.29, 0.717) is 19.0 Å². The van der Waals surface area contributed by atoms with Gasteiger partial charge in [-0.05, 0) is 11.6 Å². The van der Waals surface area contributed by atoms with E-state index in [-0.39, 0.29) is 11.3 Å². The molecule has 0 radical (unpaired) electrons. The number of nitrogens with zero attached hydrogens (tertiary/aromatic N) is 4. The molecule has 0 spiro atoms. The van der Waals surface area contributed by atoms with Crippen LogP contribution in [-0.2, 0) is 0 Å². The van der Waals surface area contributed by atoms with Crippen LogP contribution in [0.2, 0.25) is 5.28 Å². The van der Waals surface area contributed by atoms with Gasteiger partial charge in [0.15, 0.2) is 0 Å². The molecule has 0 aliphatic rings. The standard InChI is InChI=1S/C9H11ClN4O/c1-4-5-6-15-9-12-7(10)11-8(13-9)14(2)3/h1H,5-6H2,2-3H3. The highest BCUT2D eigenvalue weighted by Gasteiger charge is 2.06. The van der Waals surface area contributed by atoms with Crippen molar-refractivity contribution in [3.8, 4) is 18.4 Å². The first-order valence-corrected chi connectivity index (χ1v) is 4.66. The third-order valence-electron chi connectivity index (χ3n) is 1.45. The van der Waals surface area contributed by atoms with Crippen molar-refractivity contribution in [3.63, 3.8) is 0 Å². The maximum atomic E-state index is 5.70. The third kappa shape index (κ3) is 3.60. The number of anilines is 1. The van der Waals surface area contributed by atoms with Crippen molar-refractivity contribution in [1.82, 2.24) is 15.0 Å². The molecule has 0 unspecified atom stereocenters. The van der Waals surface area contributed by atoms with Crippen molar-refractivity contribution < 1.29 is 4.74 Å². The van der Waals surface area contributed by atoms with Gasteiger partial charge in [0.2, 0.25) is 11.2 Å². The number of terminal acetylenes is 1. The number of rotatable bonds is 4. The van der Waals surface area contributed by atoms with E-state index in [0.717, 1.165) is 0 Å². The SMILES string of the molecule is C#CCCOc1nc(Cl)nc(N(C)C)n1. The van der Waals surface area contributed by atoms with Gasteiger partial charge in [-0.3, -0.25) is 0 Å². The van der Waals surface area contributed by atoms with E-state index in [4.69, 9.17) is 22.8 Å². The van der Waals surface area contributed by atoms with Gasteiger partial charge >= 0.3 is 6.01 Å². The molecule has 0 fully saturated rings. The molecule has 1 aromatic heterocycles. The summed E-state index contributed by atoms with van der Waals surface area (Å²) in [7, 11) is 3.60. The van der Waals surface area contributed by atoms with Crippen LogP contribution in [0.3, 0.4) is 0 Å². The second-order valence-electron chi connectivity index (χ2n) is 2.88. The van der Waals surface area contributed by atoms with Gasteiger partial charge in [0.25, 0.3) is 0 Å². The Morgan fingerprint density at radius 1 is 1.40 bits per heavy atom. The molecule has 5 nitrogen and oxygen atoms in total. The van der Waals surface area contributed by atoms with E-state index < -0.39 is 0 Å². The van der Waals surface area contributed by atoms with Crippen LogP contribution in [0.1, 0.15) is 6.42 Å². The van der Waals surface area contributed by atoms with Crippen molar-refractivity contribution in [3.05, 3.63) is 5.28 Å². The Bertz CT molecular complexity index is 375. The Hall–Kier alpha value is -1.54. The zero-order valence-corrected chi connectivity index (χ0v) is 9.32. The van der Waals surface area contributed by atoms with Crippen molar-refractivity contribution in [2.24, 2.45) is 0 Å². The summed E-state index contributed by atoms with van der Waals surface area (Å²) < 4.78 is 5.20. The van der Waals surface area contributed by atoms with Gasteiger partial charge in [0.1, 0.15) is 6.61 Å². The number of hydrogen-bond donors (Lipinski definition) is 0. The maximum absolute atomic E-state index is 5.70. The highest BCUT2D eigenvalue weighted by molar-refractivity contribution is 6.28. The monoisotopic (exact) mass is 226 g/mol. The van der Waals surface area contributed by atoms with Gasteiger partial charge in [0.05, 0.1) is 0 Å². The first-order chi connectivity index (χ1) is 7.13. The van der Waals surface area contributed by atoms with Crippen molar-refractivity contribution in [2.75, 3.05) is 25.6 Å². The van der Waals surface area contributed by atoms with Crippen LogP contribution in [0, 0.1) is 12.3 Å². The lowest BCUT2D eigenvalue weighted by molar-refractivity contribution is 0.300. The molecule has 0 saturated heterocycles. The van der Waals surface area contributed by atoms with E-state index in [1.807, 2.05) is 0 Å². The highest BCUT2D eigenvalue weighted by atomic mass is 35.5. The average Bonchev–Trinajstić information content (AvgIpc) is 2.17. The van der Waals surface area contributed by atoms with Crippen LogP contribution in [0.25, 0.3) is 0 Å². The van der Waals surface area contributed by atoms with Crippen LogP contribution < -0.4 is 9.64 Å². The second-order valence-corrected chi connectivity index (χ2v) is 3.22. The topological polar surface area (TPSA) is 51.1 Å². The van der Waals surface area contributed by atoms with E-state index in [1.54, 1.807) is 19.0 Å². The van der Waals surface area contributed by atoms with E-state index in [1.165, 1.54) is 0 Å². The molecule has 0 aromatic carbocycles. The summed E-state index contributed by atoms with van der Waals surface area (Å²) in [5, 5.41) is 0.101. The molecule has 80 valence electrons. The van der Waals surface area contributed by atoms with E-state index >= 15 is 0 Å². The lowest BCUT2D eigenvalue weighted by atomic mass is 10.5. The summed E-state index contributed by atoms with van der Waals surface area (Å²) in [6, 6.07) is 0.189.